The van der Waals surface area contributed by atoms with Crippen LogP contribution in [-0.2, 0) is 20.9 Å². The maximum Gasteiger partial charge on any atom is 0.323 e. The molecule has 5 nitrogen and oxygen atoms in total. The molecular formula is C16H25NO4S. The fourth-order valence-electron chi connectivity index (χ4n) is 2.73. The van der Waals surface area contributed by atoms with Crippen molar-refractivity contribution in [2.45, 2.75) is 44.9 Å². The van der Waals surface area contributed by atoms with Crippen LogP contribution < -0.4 is 0 Å². The van der Waals surface area contributed by atoms with Gasteiger partial charge < -0.3 is 14.6 Å². The Bertz CT molecular complexity index is 437. The number of β-amino-alcohol motifs (C(OH)–C–C–N with tert-alkyl or cyclic N) is 1. The van der Waals surface area contributed by atoms with E-state index in [1.165, 1.54) is 0 Å². The molecule has 1 aliphatic heterocycles. The molecule has 0 bridgehead atoms. The number of nitrogens with zero attached hydrogens (tertiary/aromatic N) is 1. The van der Waals surface area contributed by atoms with Crippen LogP contribution >= 0.6 is 11.3 Å². The predicted molar refractivity (Wildman–Crippen MR) is 85.8 cm³/mol. The number of rotatable bonds is 8. The van der Waals surface area contributed by atoms with Gasteiger partial charge in [-0.25, -0.2) is 0 Å². The summed E-state index contributed by atoms with van der Waals surface area (Å²) in [6.07, 6.45) is 2.31. The van der Waals surface area contributed by atoms with Crippen molar-refractivity contribution in [2.24, 2.45) is 0 Å². The lowest BCUT2D eigenvalue weighted by molar-refractivity contribution is -0.151. The Morgan fingerprint density at radius 1 is 1.55 bits per heavy atom. The molecule has 1 aliphatic rings. The van der Waals surface area contributed by atoms with E-state index >= 15 is 0 Å². The number of carbonyl (C=O) groups excluding carboxylic acids is 1. The van der Waals surface area contributed by atoms with Crippen molar-refractivity contribution >= 4 is 17.3 Å². The van der Waals surface area contributed by atoms with Crippen LogP contribution in [0.5, 0.6) is 0 Å². The highest BCUT2D eigenvalue weighted by atomic mass is 32.1. The van der Waals surface area contributed by atoms with Gasteiger partial charge in [-0.15, -0.1) is 11.3 Å². The lowest BCUT2D eigenvalue weighted by Crippen LogP contribution is -2.49. The van der Waals surface area contributed by atoms with Crippen molar-refractivity contribution in [3.05, 3.63) is 22.4 Å². The highest BCUT2D eigenvalue weighted by Gasteiger charge is 2.30. The number of aliphatic hydroxyl groups is 1. The third-order valence-electron chi connectivity index (χ3n) is 3.75. The highest BCUT2D eigenvalue weighted by Crippen LogP contribution is 2.19. The first-order valence-corrected chi connectivity index (χ1v) is 8.77. The van der Waals surface area contributed by atoms with E-state index in [1.807, 2.05) is 29.3 Å². The van der Waals surface area contributed by atoms with Crippen molar-refractivity contribution in [2.75, 3.05) is 26.3 Å². The van der Waals surface area contributed by atoms with Gasteiger partial charge in [-0.2, -0.15) is 0 Å². The number of aliphatic hydroxyl groups excluding tert-OH is 1. The maximum atomic E-state index is 12.0. The van der Waals surface area contributed by atoms with Gasteiger partial charge in [0.05, 0.1) is 25.9 Å². The summed E-state index contributed by atoms with van der Waals surface area (Å²) in [5.41, 5.74) is 0. The largest absolute Gasteiger partial charge is 0.465 e. The second-order valence-electron chi connectivity index (χ2n) is 5.51. The number of esters is 1. The second kappa shape index (κ2) is 9.25. The average Bonchev–Trinajstić information content (AvgIpc) is 3.01. The number of hydrogen-bond acceptors (Lipinski definition) is 6. The summed E-state index contributed by atoms with van der Waals surface area (Å²) in [5, 5.41) is 12.2. The zero-order chi connectivity index (χ0) is 15.8. The van der Waals surface area contributed by atoms with Crippen LogP contribution in [0.2, 0.25) is 0 Å². The quantitative estimate of drug-likeness (QED) is 0.741. The summed E-state index contributed by atoms with van der Waals surface area (Å²) >= 11 is 1.64. The van der Waals surface area contributed by atoms with E-state index < -0.39 is 6.10 Å². The normalized spacial score (nSPS) is 20.7. The molecule has 2 unspecified atom stereocenters. The number of carbonyl (C=O) groups is 1. The molecule has 0 spiro atoms. The summed E-state index contributed by atoms with van der Waals surface area (Å²) < 4.78 is 10.7. The Morgan fingerprint density at radius 3 is 3.14 bits per heavy atom. The van der Waals surface area contributed by atoms with Crippen LogP contribution in [-0.4, -0.2) is 54.4 Å². The molecule has 124 valence electrons. The van der Waals surface area contributed by atoms with Crippen LogP contribution in [0.1, 0.15) is 31.1 Å². The molecule has 6 heteroatoms. The fraction of sp³-hybridized carbons (Fsp3) is 0.688. The molecule has 1 aromatic heterocycles. The molecule has 22 heavy (non-hydrogen) atoms. The Hall–Kier alpha value is -0.950. The predicted octanol–water partition coefficient (Wildman–Crippen LogP) is 2.04. The van der Waals surface area contributed by atoms with Gasteiger partial charge >= 0.3 is 5.97 Å². The van der Waals surface area contributed by atoms with Crippen LogP contribution in [0, 0.1) is 0 Å². The monoisotopic (exact) mass is 327 g/mol. The summed E-state index contributed by atoms with van der Waals surface area (Å²) in [4.78, 5) is 15.2. The Balaban J connectivity index is 1.75. The molecule has 0 amide bonds. The zero-order valence-corrected chi connectivity index (χ0v) is 13.9. The number of ether oxygens (including phenoxy) is 2. The van der Waals surface area contributed by atoms with Gasteiger partial charge in [0, 0.05) is 11.4 Å². The molecule has 2 atom stereocenters. The summed E-state index contributed by atoms with van der Waals surface area (Å²) in [6.45, 7) is 4.30. The Kier molecular flexibility index (Phi) is 7.32. The van der Waals surface area contributed by atoms with E-state index in [4.69, 9.17) is 9.47 Å². The number of likely N-dealkylation sites (tertiary alicyclic amines) is 1. The molecule has 2 heterocycles. The van der Waals surface area contributed by atoms with Gasteiger partial charge in [0.2, 0.25) is 0 Å². The van der Waals surface area contributed by atoms with E-state index in [-0.39, 0.29) is 18.6 Å². The molecule has 1 N–H and O–H groups in total. The minimum atomic E-state index is -0.588. The lowest BCUT2D eigenvalue weighted by Gasteiger charge is -2.35. The van der Waals surface area contributed by atoms with Crippen LogP contribution in [0.25, 0.3) is 0 Å². The molecule has 2 rings (SSSR count). The number of hydrogen-bond donors (Lipinski definition) is 1. The van der Waals surface area contributed by atoms with Crippen LogP contribution in [0.15, 0.2) is 17.5 Å². The van der Waals surface area contributed by atoms with E-state index in [9.17, 15) is 9.90 Å². The minimum absolute atomic E-state index is 0.172. The van der Waals surface area contributed by atoms with Gasteiger partial charge in [0.25, 0.3) is 0 Å². The smallest absolute Gasteiger partial charge is 0.323 e. The summed E-state index contributed by atoms with van der Waals surface area (Å²) in [6, 6.07) is 3.77. The molecule has 0 saturated carbocycles. The first-order valence-electron chi connectivity index (χ1n) is 7.89. The fourth-order valence-corrected chi connectivity index (χ4v) is 3.37. The van der Waals surface area contributed by atoms with E-state index in [2.05, 4.69) is 0 Å². The van der Waals surface area contributed by atoms with E-state index in [0.29, 0.717) is 19.8 Å². The van der Waals surface area contributed by atoms with E-state index in [0.717, 1.165) is 30.7 Å². The molecule has 1 saturated heterocycles. The van der Waals surface area contributed by atoms with Crippen molar-refractivity contribution < 1.29 is 19.4 Å². The van der Waals surface area contributed by atoms with Crippen molar-refractivity contribution in [1.82, 2.24) is 4.90 Å². The van der Waals surface area contributed by atoms with Crippen molar-refractivity contribution in [3.63, 3.8) is 0 Å². The minimum Gasteiger partial charge on any atom is -0.465 e. The van der Waals surface area contributed by atoms with Crippen LogP contribution in [0.4, 0.5) is 0 Å². The van der Waals surface area contributed by atoms with Gasteiger partial charge in [0.1, 0.15) is 6.04 Å². The summed E-state index contributed by atoms with van der Waals surface area (Å²) in [5.74, 6) is -0.172. The maximum absolute atomic E-state index is 12.0. The molecule has 0 aliphatic carbocycles. The van der Waals surface area contributed by atoms with Crippen molar-refractivity contribution in [1.29, 1.82) is 0 Å². The van der Waals surface area contributed by atoms with Crippen molar-refractivity contribution in [3.8, 4) is 0 Å². The standard InChI is InChI=1S/C16H25NO4S/c1-2-21-16(19)15-7-3-4-8-17(15)10-13(18)11-20-12-14-6-5-9-22-14/h5-6,9,13,15,18H,2-4,7-8,10-12H2,1H3. The number of piperidine rings is 1. The van der Waals surface area contributed by atoms with E-state index in [1.54, 1.807) is 11.3 Å². The molecule has 0 aromatic carbocycles. The van der Waals surface area contributed by atoms with Gasteiger partial charge in [-0.1, -0.05) is 12.5 Å². The SMILES string of the molecule is CCOC(=O)C1CCCCN1CC(O)COCc1cccs1. The first-order chi connectivity index (χ1) is 10.7. The van der Waals surface area contributed by atoms with Crippen LogP contribution in [0.3, 0.4) is 0 Å². The Labute approximate surface area is 135 Å². The second-order valence-corrected chi connectivity index (χ2v) is 6.54. The molecule has 0 radical (unpaired) electrons. The third-order valence-corrected chi connectivity index (χ3v) is 4.60. The molecule has 1 aromatic rings. The van der Waals surface area contributed by atoms with Gasteiger partial charge in [-0.05, 0) is 37.8 Å². The third kappa shape index (κ3) is 5.35. The summed E-state index contributed by atoms with van der Waals surface area (Å²) in [7, 11) is 0. The zero-order valence-electron chi connectivity index (χ0n) is 13.1. The van der Waals surface area contributed by atoms with Gasteiger partial charge in [0.15, 0.2) is 0 Å². The topological polar surface area (TPSA) is 59.0 Å². The average molecular weight is 327 g/mol. The number of thiophene rings is 1. The highest BCUT2D eigenvalue weighted by molar-refractivity contribution is 7.09. The molecular weight excluding hydrogens is 302 g/mol. The first kappa shape index (κ1) is 17.4. The molecule has 1 fully saturated rings. The lowest BCUT2D eigenvalue weighted by atomic mass is 10.0. The van der Waals surface area contributed by atoms with Gasteiger partial charge in [-0.3, -0.25) is 9.69 Å². The Morgan fingerprint density at radius 2 is 2.41 bits per heavy atom.